The lowest BCUT2D eigenvalue weighted by Gasteiger charge is -2.04. The molecule has 3 heteroatoms. The number of carbonyl (C=O) groups is 1. The van der Waals surface area contributed by atoms with Crippen LogP contribution >= 0.6 is 0 Å². The van der Waals surface area contributed by atoms with Crippen LogP contribution < -0.4 is 4.74 Å². The maximum absolute atomic E-state index is 12.8. The van der Waals surface area contributed by atoms with Crippen molar-refractivity contribution in [3.05, 3.63) is 78.4 Å². The van der Waals surface area contributed by atoms with E-state index in [0.29, 0.717) is 6.42 Å². The molecule has 1 heterocycles. The first-order valence-electron chi connectivity index (χ1n) is 7.90. The minimum absolute atomic E-state index is 0.0637. The third-order valence-corrected chi connectivity index (χ3v) is 4.23. The smallest absolute Gasteiger partial charge is 0.255 e. The summed E-state index contributed by atoms with van der Waals surface area (Å²) >= 11 is 0. The zero-order chi connectivity index (χ0) is 17.1. The summed E-state index contributed by atoms with van der Waals surface area (Å²) in [7, 11) is 1.64. The van der Waals surface area contributed by atoms with E-state index < -0.39 is 0 Å². The Hall–Kier alpha value is -2.81. The van der Waals surface area contributed by atoms with Crippen molar-refractivity contribution in [2.24, 2.45) is 0 Å². The third-order valence-electron chi connectivity index (χ3n) is 4.23. The van der Waals surface area contributed by atoms with E-state index in [-0.39, 0.29) is 5.91 Å². The van der Waals surface area contributed by atoms with Crippen molar-refractivity contribution in [1.29, 1.82) is 0 Å². The first-order valence-corrected chi connectivity index (χ1v) is 7.90. The molecule has 1 aromatic heterocycles. The van der Waals surface area contributed by atoms with Gasteiger partial charge in [-0.15, -0.1) is 0 Å². The van der Waals surface area contributed by atoms with Crippen LogP contribution in [0.4, 0.5) is 0 Å². The fraction of sp³-hybridized carbons (Fsp3) is 0.143. The summed E-state index contributed by atoms with van der Waals surface area (Å²) in [4.78, 5) is 12.8. The van der Waals surface area contributed by atoms with Crippen molar-refractivity contribution >= 4 is 22.9 Å². The maximum Gasteiger partial charge on any atom is 0.255 e. The summed E-state index contributed by atoms with van der Waals surface area (Å²) in [5.41, 5.74) is 3.88. The second-order valence-corrected chi connectivity index (χ2v) is 5.61. The van der Waals surface area contributed by atoms with Gasteiger partial charge in [-0.3, -0.25) is 9.36 Å². The van der Waals surface area contributed by atoms with Gasteiger partial charge in [0.25, 0.3) is 5.91 Å². The molecule has 0 aliphatic carbocycles. The number of carbonyl (C=O) groups excluding carboxylic acids is 1. The minimum atomic E-state index is -0.0637. The molecule has 0 unspecified atom stereocenters. The molecule has 3 aromatic rings. The Labute approximate surface area is 142 Å². The van der Waals surface area contributed by atoms with E-state index in [2.05, 4.69) is 6.92 Å². The maximum atomic E-state index is 12.8. The number of fused-ring (bicyclic) bond motifs is 1. The number of hydrogen-bond acceptors (Lipinski definition) is 2. The van der Waals surface area contributed by atoms with E-state index in [0.717, 1.165) is 33.5 Å². The zero-order valence-corrected chi connectivity index (χ0v) is 14.0. The molecule has 24 heavy (non-hydrogen) atoms. The highest BCUT2D eigenvalue weighted by Gasteiger charge is 2.16. The highest BCUT2D eigenvalue weighted by molar-refractivity contribution is 6.02. The van der Waals surface area contributed by atoms with Crippen molar-refractivity contribution in [1.82, 2.24) is 4.57 Å². The van der Waals surface area contributed by atoms with Crippen LogP contribution in [0.25, 0.3) is 17.0 Å². The molecule has 0 aliphatic rings. The SMILES string of the molecule is [CH2]Cc1c(C)n(C(=O)/C=C/c2ccccc2)c2ccc(OC)cc12. The summed E-state index contributed by atoms with van der Waals surface area (Å²) < 4.78 is 7.05. The van der Waals surface area contributed by atoms with Gasteiger partial charge in [0.05, 0.1) is 12.6 Å². The topological polar surface area (TPSA) is 31.2 Å². The number of aromatic nitrogens is 1. The fourth-order valence-electron chi connectivity index (χ4n) is 3.00. The van der Waals surface area contributed by atoms with E-state index in [1.165, 1.54) is 0 Å². The van der Waals surface area contributed by atoms with Crippen LogP contribution in [0.2, 0.25) is 0 Å². The van der Waals surface area contributed by atoms with E-state index in [4.69, 9.17) is 4.74 Å². The predicted molar refractivity (Wildman–Crippen MR) is 98.4 cm³/mol. The molecule has 0 amide bonds. The van der Waals surface area contributed by atoms with E-state index >= 15 is 0 Å². The lowest BCUT2D eigenvalue weighted by molar-refractivity contribution is 0.0972. The summed E-state index contributed by atoms with van der Waals surface area (Å²) in [5, 5.41) is 1.02. The predicted octanol–water partition coefficient (Wildman–Crippen LogP) is 4.69. The van der Waals surface area contributed by atoms with Gasteiger partial charge in [-0.05, 0) is 55.7 Å². The number of rotatable bonds is 4. The highest BCUT2D eigenvalue weighted by Crippen LogP contribution is 2.29. The standard InChI is InChI=1S/C21H20NO2/c1-4-18-15(2)22(20-12-11-17(24-3)14-19(18)20)21(23)13-10-16-8-6-5-7-9-16/h5-14H,1,4H2,2-3H3/b13-10+. The number of ether oxygens (including phenoxy) is 1. The Kier molecular flexibility index (Phi) is 4.52. The van der Waals surface area contributed by atoms with Crippen molar-refractivity contribution in [3.8, 4) is 5.75 Å². The molecule has 0 saturated heterocycles. The molecular weight excluding hydrogens is 298 g/mol. The van der Waals surface area contributed by atoms with Gasteiger partial charge in [-0.1, -0.05) is 30.3 Å². The zero-order valence-electron chi connectivity index (χ0n) is 14.0. The molecule has 121 valence electrons. The van der Waals surface area contributed by atoms with Gasteiger partial charge in [0, 0.05) is 17.2 Å². The Morgan fingerprint density at radius 3 is 2.62 bits per heavy atom. The van der Waals surface area contributed by atoms with Crippen LogP contribution in [-0.2, 0) is 6.42 Å². The quantitative estimate of drug-likeness (QED) is 0.654. The molecule has 1 radical (unpaired) electrons. The largest absolute Gasteiger partial charge is 0.497 e. The molecule has 0 saturated carbocycles. The number of nitrogens with zero attached hydrogens (tertiary/aromatic N) is 1. The van der Waals surface area contributed by atoms with Crippen LogP contribution in [0.15, 0.2) is 54.6 Å². The van der Waals surface area contributed by atoms with Crippen LogP contribution in [0, 0.1) is 13.8 Å². The van der Waals surface area contributed by atoms with Gasteiger partial charge >= 0.3 is 0 Å². The molecule has 0 aliphatic heterocycles. The first-order chi connectivity index (χ1) is 11.7. The molecule has 0 N–H and O–H groups in total. The van der Waals surface area contributed by atoms with Gasteiger partial charge < -0.3 is 4.74 Å². The number of allylic oxidation sites excluding steroid dienone is 1. The van der Waals surface area contributed by atoms with E-state index in [9.17, 15) is 4.79 Å². The highest BCUT2D eigenvalue weighted by atomic mass is 16.5. The van der Waals surface area contributed by atoms with E-state index in [1.807, 2.05) is 61.5 Å². The molecule has 3 nitrogen and oxygen atoms in total. The van der Waals surface area contributed by atoms with Crippen LogP contribution in [0.5, 0.6) is 5.75 Å². The monoisotopic (exact) mass is 318 g/mol. The van der Waals surface area contributed by atoms with Gasteiger partial charge in [-0.25, -0.2) is 0 Å². The Morgan fingerprint density at radius 2 is 1.96 bits per heavy atom. The fourth-order valence-corrected chi connectivity index (χ4v) is 3.00. The van der Waals surface area contributed by atoms with Gasteiger partial charge in [0.15, 0.2) is 0 Å². The molecule has 0 bridgehead atoms. The average molecular weight is 318 g/mol. The molecule has 0 spiro atoms. The second-order valence-electron chi connectivity index (χ2n) is 5.61. The van der Waals surface area contributed by atoms with Gasteiger partial charge in [-0.2, -0.15) is 0 Å². The number of benzene rings is 2. The second kappa shape index (κ2) is 6.75. The minimum Gasteiger partial charge on any atom is -0.497 e. The van der Waals surface area contributed by atoms with Gasteiger partial charge in [0.2, 0.25) is 0 Å². The molecule has 0 fully saturated rings. The summed E-state index contributed by atoms with van der Waals surface area (Å²) in [6, 6.07) is 15.6. The Bertz CT molecular complexity index is 904. The average Bonchev–Trinajstić information content (AvgIpc) is 2.90. The summed E-state index contributed by atoms with van der Waals surface area (Å²) in [6.45, 7) is 5.96. The van der Waals surface area contributed by atoms with Gasteiger partial charge in [0.1, 0.15) is 5.75 Å². The lowest BCUT2D eigenvalue weighted by Crippen LogP contribution is -2.09. The van der Waals surface area contributed by atoms with Crippen molar-refractivity contribution in [3.63, 3.8) is 0 Å². The van der Waals surface area contributed by atoms with Crippen molar-refractivity contribution in [2.75, 3.05) is 7.11 Å². The molecular formula is C21H20NO2. The van der Waals surface area contributed by atoms with Crippen LogP contribution in [0.3, 0.4) is 0 Å². The summed E-state index contributed by atoms with van der Waals surface area (Å²) in [6.07, 6.45) is 4.07. The van der Waals surface area contributed by atoms with Crippen molar-refractivity contribution < 1.29 is 9.53 Å². The number of methoxy groups -OCH3 is 1. The Morgan fingerprint density at radius 1 is 1.21 bits per heavy atom. The normalized spacial score (nSPS) is 11.3. The lowest BCUT2D eigenvalue weighted by atomic mass is 10.1. The molecule has 3 rings (SSSR count). The number of hydrogen-bond donors (Lipinski definition) is 0. The van der Waals surface area contributed by atoms with Crippen LogP contribution in [0.1, 0.15) is 21.6 Å². The molecule has 0 atom stereocenters. The summed E-state index contributed by atoms with van der Waals surface area (Å²) in [5.74, 6) is 0.716. The molecule has 2 aromatic carbocycles. The third kappa shape index (κ3) is 2.85. The van der Waals surface area contributed by atoms with E-state index in [1.54, 1.807) is 17.8 Å². The Balaban J connectivity index is 2.07. The van der Waals surface area contributed by atoms with Crippen LogP contribution in [-0.4, -0.2) is 17.6 Å². The van der Waals surface area contributed by atoms with Crippen molar-refractivity contribution in [2.45, 2.75) is 13.3 Å². The first kappa shape index (κ1) is 16.1.